The number of para-hydroxylation sites is 1. The van der Waals surface area contributed by atoms with Crippen molar-refractivity contribution >= 4 is 34.1 Å². The van der Waals surface area contributed by atoms with Crippen LogP contribution in [-0.4, -0.2) is 0 Å². The van der Waals surface area contributed by atoms with Crippen LogP contribution in [0.2, 0.25) is 0 Å². The van der Waals surface area contributed by atoms with Crippen LogP contribution < -0.4 is 9.80 Å². The van der Waals surface area contributed by atoms with E-state index in [1.807, 2.05) is 0 Å². The van der Waals surface area contributed by atoms with Crippen LogP contribution in [0.25, 0.3) is 55.6 Å². The molecule has 10 aromatic rings. The van der Waals surface area contributed by atoms with E-state index in [2.05, 4.69) is 277 Å². The van der Waals surface area contributed by atoms with Gasteiger partial charge >= 0.3 is 0 Å². The summed E-state index contributed by atoms with van der Waals surface area (Å²) >= 11 is 0. The average molecular weight is 793 g/mol. The van der Waals surface area contributed by atoms with Crippen molar-refractivity contribution in [1.29, 1.82) is 0 Å². The van der Waals surface area contributed by atoms with Gasteiger partial charge in [-0.3, -0.25) is 0 Å². The first-order chi connectivity index (χ1) is 30.7. The second-order valence-electron chi connectivity index (χ2n) is 15.4. The minimum Gasteiger partial charge on any atom is -0.311 e. The maximum Gasteiger partial charge on any atom is 0.0540 e. The zero-order chi connectivity index (χ0) is 41.5. The molecule has 0 bridgehead atoms. The average Bonchev–Trinajstić information content (AvgIpc) is 3.36. The van der Waals surface area contributed by atoms with Gasteiger partial charge in [0, 0.05) is 34.0 Å². The van der Waals surface area contributed by atoms with E-state index in [0.29, 0.717) is 0 Å². The fourth-order valence-corrected chi connectivity index (χ4v) is 8.31. The van der Waals surface area contributed by atoms with Gasteiger partial charge in [-0.05, 0) is 123 Å². The van der Waals surface area contributed by atoms with Crippen LogP contribution in [-0.2, 0) is 0 Å². The molecule has 0 aliphatic rings. The Kier molecular flexibility index (Phi) is 10.8. The first kappa shape index (κ1) is 38.0. The summed E-state index contributed by atoms with van der Waals surface area (Å²) in [5, 5.41) is 0. The summed E-state index contributed by atoms with van der Waals surface area (Å²) in [6, 6.07) is 95.6. The van der Waals surface area contributed by atoms with Crippen LogP contribution in [0.5, 0.6) is 0 Å². The van der Waals surface area contributed by atoms with Crippen molar-refractivity contribution in [3.8, 4) is 55.6 Å². The molecule has 0 amide bonds. The summed E-state index contributed by atoms with van der Waals surface area (Å²) in [6.07, 6.45) is 0. The summed E-state index contributed by atoms with van der Waals surface area (Å²) in [4.78, 5) is 4.70. The molecular formula is C60H44N2. The van der Waals surface area contributed by atoms with E-state index in [-0.39, 0.29) is 0 Å². The van der Waals surface area contributed by atoms with Crippen LogP contribution in [0.3, 0.4) is 0 Å². The van der Waals surface area contributed by atoms with Crippen LogP contribution in [0.1, 0.15) is 0 Å². The van der Waals surface area contributed by atoms with Crippen LogP contribution in [0.15, 0.2) is 267 Å². The topological polar surface area (TPSA) is 6.48 Å². The monoisotopic (exact) mass is 792 g/mol. The molecule has 0 N–H and O–H groups in total. The molecule has 0 aromatic heterocycles. The van der Waals surface area contributed by atoms with Gasteiger partial charge in [0.15, 0.2) is 0 Å². The third-order valence-electron chi connectivity index (χ3n) is 11.5. The second kappa shape index (κ2) is 17.6. The molecule has 62 heavy (non-hydrogen) atoms. The number of nitrogens with zero attached hydrogens (tertiary/aromatic N) is 2. The number of anilines is 6. The van der Waals surface area contributed by atoms with Gasteiger partial charge in [-0.1, -0.05) is 194 Å². The third kappa shape index (κ3) is 8.06. The van der Waals surface area contributed by atoms with E-state index < -0.39 is 0 Å². The summed E-state index contributed by atoms with van der Waals surface area (Å²) in [5.74, 6) is 0. The van der Waals surface area contributed by atoms with Crippen molar-refractivity contribution in [3.63, 3.8) is 0 Å². The molecule has 0 saturated heterocycles. The lowest BCUT2D eigenvalue weighted by atomic mass is 9.96. The van der Waals surface area contributed by atoms with Gasteiger partial charge in [-0.2, -0.15) is 0 Å². The lowest BCUT2D eigenvalue weighted by Crippen LogP contribution is -2.11. The van der Waals surface area contributed by atoms with Gasteiger partial charge in [0.1, 0.15) is 0 Å². The molecule has 0 aliphatic carbocycles. The van der Waals surface area contributed by atoms with E-state index in [1.54, 1.807) is 0 Å². The van der Waals surface area contributed by atoms with Crippen LogP contribution in [0.4, 0.5) is 34.1 Å². The zero-order valence-corrected chi connectivity index (χ0v) is 34.3. The fraction of sp³-hybridized carbons (Fsp3) is 0. The molecule has 0 saturated carbocycles. The molecular weight excluding hydrogens is 749 g/mol. The highest BCUT2D eigenvalue weighted by molar-refractivity contribution is 5.91. The highest BCUT2D eigenvalue weighted by Gasteiger charge is 2.19. The van der Waals surface area contributed by atoms with E-state index >= 15 is 0 Å². The van der Waals surface area contributed by atoms with E-state index in [9.17, 15) is 0 Å². The molecule has 0 spiro atoms. The number of rotatable bonds is 11. The summed E-state index contributed by atoms with van der Waals surface area (Å²) in [5.41, 5.74) is 18.4. The third-order valence-corrected chi connectivity index (χ3v) is 11.5. The van der Waals surface area contributed by atoms with Crippen molar-refractivity contribution in [2.24, 2.45) is 0 Å². The minimum atomic E-state index is 1.08. The van der Waals surface area contributed by atoms with Gasteiger partial charge in [0.25, 0.3) is 0 Å². The maximum absolute atomic E-state index is 2.39. The van der Waals surface area contributed by atoms with E-state index in [1.165, 1.54) is 38.9 Å². The molecule has 0 heterocycles. The van der Waals surface area contributed by atoms with Gasteiger partial charge in [0.05, 0.1) is 5.69 Å². The van der Waals surface area contributed by atoms with Gasteiger partial charge in [-0.25, -0.2) is 0 Å². The SMILES string of the molecule is c1ccc(-c2ccc(N(c3ccccc3)c3ccc(-c4ccc(N(c5ccc(-c6ccccc6)cc5)c5ccc(-c6ccccc6)cc5-c5ccccc5)cc4)cc3)cc2)cc1. The Morgan fingerprint density at radius 3 is 0.806 bits per heavy atom. The number of hydrogen-bond donors (Lipinski definition) is 0. The zero-order valence-electron chi connectivity index (χ0n) is 34.3. The lowest BCUT2D eigenvalue weighted by molar-refractivity contribution is 1.28. The van der Waals surface area contributed by atoms with E-state index in [4.69, 9.17) is 0 Å². The highest BCUT2D eigenvalue weighted by atomic mass is 15.1. The van der Waals surface area contributed by atoms with Crippen molar-refractivity contribution in [2.45, 2.75) is 0 Å². The highest BCUT2D eigenvalue weighted by Crippen LogP contribution is 2.44. The molecule has 10 rings (SSSR count). The second-order valence-corrected chi connectivity index (χ2v) is 15.4. The molecule has 0 fully saturated rings. The molecule has 0 radical (unpaired) electrons. The molecule has 2 heteroatoms. The Morgan fingerprint density at radius 2 is 0.435 bits per heavy atom. The Morgan fingerprint density at radius 1 is 0.177 bits per heavy atom. The largest absolute Gasteiger partial charge is 0.311 e. The van der Waals surface area contributed by atoms with Crippen LogP contribution >= 0.6 is 0 Å². The molecule has 294 valence electrons. The Bertz CT molecular complexity index is 2990. The van der Waals surface area contributed by atoms with Gasteiger partial charge < -0.3 is 9.80 Å². The fourth-order valence-electron chi connectivity index (χ4n) is 8.31. The molecule has 0 unspecified atom stereocenters. The quantitative estimate of drug-likeness (QED) is 0.129. The number of hydrogen-bond acceptors (Lipinski definition) is 2. The predicted molar refractivity (Wildman–Crippen MR) is 263 cm³/mol. The Hall–Kier alpha value is -8.20. The Labute approximate surface area is 364 Å². The summed E-state index contributed by atoms with van der Waals surface area (Å²) < 4.78 is 0. The Balaban J connectivity index is 1.01. The molecule has 0 aliphatic heterocycles. The number of benzene rings is 10. The minimum absolute atomic E-state index is 1.08. The normalized spacial score (nSPS) is 10.9. The van der Waals surface area contributed by atoms with Crippen molar-refractivity contribution in [1.82, 2.24) is 0 Å². The van der Waals surface area contributed by atoms with Crippen molar-refractivity contribution < 1.29 is 0 Å². The first-order valence-electron chi connectivity index (χ1n) is 21.2. The summed E-state index contributed by atoms with van der Waals surface area (Å²) in [7, 11) is 0. The van der Waals surface area contributed by atoms with Gasteiger partial charge in [0.2, 0.25) is 0 Å². The van der Waals surface area contributed by atoms with Crippen molar-refractivity contribution in [2.75, 3.05) is 9.80 Å². The summed E-state index contributed by atoms with van der Waals surface area (Å²) in [6.45, 7) is 0. The first-order valence-corrected chi connectivity index (χ1v) is 21.2. The lowest BCUT2D eigenvalue weighted by Gasteiger charge is -2.29. The molecule has 10 aromatic carbocycles. The molecule has 2 nitrogen and oxygen atoms in total. The predicted octanol–water partition coefficient (Wildman–Crippen LogP) is 17.0. The maximum atomic E-state index is 2.39. The standard InChI is InChI=1S/C60H44N2/c1-6-16-45(17-7-1)48-26-35-55(36-27-48)61(54-24-14-5-15-25-54)56-37-28-50(29-38-56)51-32-41-58(42-33-51)62(57-39-30-49(31-40-57)46-18-8-2-9-19-46)60-43-34-53(47-20-10-3-11-21-47)44-59(60)52-22-12-4-13-23-52/h1-44H. The van der Waals surface area contributed by atoms with E-state index in [0.717, 1.165) is 50.8 Å². The molecule has 0 atom stereocenters. The van der Waals surface area contributed by atoms with Gasteiger partial charge in [-0.15, -0.1) is 0 Å². The van der Waals surface area contributed by atoms with Crippen molar-refractivity contribution in [3.05, 3.63) is 267 Å². The smallest absolute Gasteiger partial charge is 0.0540 e. The van der Waals surface area contributed by atoms with Crippen LogP contribution in [0, 0.1) is 0 Å².